The summed E-state index contributed by atoms with van der Waals surface area (Å²) in [6, 6.07) is 24.4. The highest BCUT2D eigenvalue weighted by Crippen LogP contribution is 2.20. The molecule has 3 aromatic carbocycles. The van der Waals surface area contributed by atoms with E-state index in [1.54, 1.807) is 12.0 Å². The van der Waals surface area contributed by atoms with E-state index in [0.29, 0.717) is 26.0 Å². The maximum atomic E-state index is 13.7. The van der Waals surface area contributed by atoms with Gasteiger partial charge in [-0.1, -0.05) is 65.3 Å². The molecule has 3 rings (SSSR count). The minimum atomic E-state index is -0.639. The molecule has 0 unspecified atom stereocenters. The summed E-state index contributed by atoms with van der Waals surface area (Å²) in [6.45, 7) is 4.74. The van der Waals surface area contributed by atoms with Crippen molar-refractivity contribution >= 4 is 27.7 Å². The Kier molecular flexibility index (Phi) is 11.7. The number of carbonyl (C=O) groups is 2. The van der Waals surface area contributed by atoms with Gasteiger partial charge in [0.1, 0.15) is 17.5 Å². The average Bonchev–Trinajstić information content (AvgIpc) is 2.93. The molecule has 0 aromatic heterocycles. The van der Waals surface area contributed by atoms with Crippen LogP contribution in [-0.4, -0.2) is 42.5 Å². The number of rotatable bonds is 14. The highest BCUT2D eigenvalue weighted by Gasteiger charge is 2.30. The number of nitrogens with zero attached hydrogens (tertiary/aromatic N) is 1. The lowest BCUT2D eigenvalue weighted by atomic mass is 10.0. The van der Waals surface area contributed by atoms with Gasteiger partial charge in [0.25, 0.3) is 0 Å². The molecule has 2 amide bonds. The number of hydrogen-bond donors (Lipinski definition) is 1. The number of nitrogens with one attached hydrogen (secondary N) is 1. The van der Waals surface area contributed by atoms with E-state index >= 15 is 0 Å². The second-order valence-corrected chi connectivity index (χ2v) is 10.2. The third-order valence-electron chi connectivity index (χ3n) is 6.38. The van der Waals surface area contributed by atoms with Gasteiger partial charge in [0, 0.05) is 29.9 Å². The molecule has 0 saturated carbocycles. The summed E-state index contributed by atoms with van der Waals surface area (Å²) >= 11 is 3.53. The third kappa shape index (κ3) is 9.21. The van der Waals surface area contributed by atoms with Crippen LogP contribution in [0.2, 0.25) is 0 Å². The van der Waals surface area contributed by atoms with Gasteiger partial charge in [0.15, 0.2) is 0 Å². The molecule has 0 heterocycles. The first-order valence-electron chi connectivity index (χ1n) is 13.0. The van der Waals surface area contributed by atoms with Gasteiger partial charge in [-0.25, -0.2) is 0 Å². The molecule has 1 N–H and O–H groups in total. The number of methoxy groups -OCH3 is 1. The van der Waals surface area contributed by atoms with Crippen LogP contribution in [0.25, 0.3) is 0 Å². The maximum absolute atomic E-state index is 13.7. The van der Waals surface area contributed by atoms with Crippen LogP contribution in [0.5, 0.6) is 11.5 Å². The number of halogens is 1. The monoisotopic (exact) mass is 580 g/mol. The maximum Gasteiger partial charge on any atom is 0.243 e. The Morgan fingerprint density at radius 1 is 0.947 bits per heavy atom. The summed E-state index contributed by atoms with van der Waals surface area (Å²) in [4.78, 5) is 28.9. The normalized spacial score (nSPS) is 12.3. The van der Waals surface area contributed by atoms with Gasteiger partial charge >= 0.3 is 0 Å². The number of carbonyl (C=O) groups excluding carboxylic acids is 2. The topological polar surface area (TPSA) is 67.9 Å². The molecule has 6 nitrogen and oxygen atoms in total. The highest BCUT2D eigenvalue weighted by molar-refractivity contribution is 9.10. The van der Waals surface area contributed by atoms with E-state index in [9.17, 15) is 9.59 Å². The van der Waals surface area contributed by atoms with E-state index < -0.39 is 6.04 Å². The van der Waals surface area contributed by atoms with E-state index in [1.807, 2.05) is 92.7 Å². The van der Waals surface area contributed by atoms with Gasteiger partial charge in [-0.2, -0.15) is 0 Å². The zero-order chi connectivity index (χ0) is 27.3. The van der Waals surface area contributed by atoms with E-state index in [0.717, 1.165) is 33.5 Å². The molecule has 2 atom stereocenters. The molecular formula is C31H37BrN2O4. The molecule has 0 aliphatic rings. The lowest BCUT2D eigenvalue weighted by Crippen LogP contribution is -2.52. The molecule has 3 aromatic rings. The van der Waals surface area contributed by atoms with Crippen molar-refractivity contribution in [2.24, 2.45) is 0 Å². The van der Waals surface area contributed by atoms with E-state index in [2.05, 4.69) is 21.2 Å². The fraction of sp³-hybridized carbons (Fsp3) is 0.355. The van der Waals surface area contributed by atoms with Crippen molar-refractivity contribution in [3.8, 4) is 11.5 Å². The third-order valence-corrected chi connectivity index (χ3v) is 6.87. The van der Waals surface area contributed by atoms with Gasteiger partial charge < -0.3 is 19.7 Å². The molecule has 0 saturated heterocycles. The van der Waals surface area contributed by atoms with Crippen molar-refractivity contribution in [1.29, 1.82) is 0 Å². The minimum Gasteiger partial charge on any atom is -0.497 e. The molecule has 0 spiro atoms. The Morgan fingerprint density at radius 2 is 1.63 bits per heavy atom. The second kappa shape index (κ2) is 15.2. The summed E-state index contributed by atoms with van der Waals surface area (Å²) in [5, 5.41) is 3.10. The predicted octanol–water partition coefficient (Wildman–Crippen LogP) is 6.17. The van der Waals surface area contributed by atoms with Crippen molar-refractivity contribution in [2.75, 3.05) is 13.7 Å². The summed E-state index contributed by atoms with van der Waals surface area (Å²) < 4.78 is 11.9. The van der Waals surface area contributed by atoms with Crippen LogP contribution in [0, 0.1) is 0 Å². The molecule has 0 aliphatic carbocycles. The number of benzene rings is 3. The number of hydrogen-bond acceptors (Lipinski definition) is 4. The van der Waals surface area contributed by atoms with Gasteiger partial charge in [0.05, 0.1) is 13.7 Å². The zero-order valence-corrected chi connectivity index (χ0v) is 23.9. The molecule has 0 bridgehead atoms. The first-order chi connectivity index (χ1) is 18.4. The predicted molar refractivity (Wildman–Crippen MR) is 154 cm³/mol. The lowest BCUT2D eigenvalue weighted by Gasteiger charge is -2.32. The second-order valence-electron chi connectivity index (χ2n) is 9.30. The van der Waals surface area contributed by atoms with Gasteiger partial charge in [-0.3, -0.25) is 9.59 Å². The molecule has 202 valence electrons. The average molecular weight is 582 g/mol. The molecular weight excluding hydrogens is 544 g/mol. The highest BCUT2D eigenvalue weighted by atomic mass is 79.9. The summed E-state index contributed by atoms with van der Waals surface area (Å²) in [6.07, 6.45) is 2.05. The Bertz CT molecular complexity index is 1150. The fourth-order valence-electron chi connectivity index (χ4n) is 4.06. The van der Waals surface area contributed by atoms with Crippen molar-refractivity contribution < 1.29 is 19.1 Å². The van der Waals surface area contributed by atoms with Gasteiger partial charge in [-0.05, 0) is 67.3 Å². The smallest absolute Gasteiger partial charge is 0.243 e. The van der Waals surface area contributed by atoms with Crippen molar-refractivity contribution in [2.45, 2.75) is 58.2 Å². The van der Waals surface area contributed by atoms with Crippen LogP contribution in [0.4, 0.5) is 0 Å². The van der Waals surface area contributed by atoms with Gasteiger partial charge in [-0.15, -0.1) is 0 Å². The van der Waals surface area contributed by atoms with Crippen LogP contribution in [-0.2, 0) is 22.6 Å². The van der Waals surface area contributed by atoms with Crippen LogP contribution in [0.1, 0.15) is 44.2 Å². The summed E-state index contributed by atoms with van der Waals surface area (Å²) in [5.74, 6) is 1.26. The molecule has 7 heteroatoms. The van der Waals surface area contributed by atoms with Crippen LogP contribution < -0.4 is 14.8 Å². The fourth-order valence-corrected chi connectivity index (χ4v) is 4.50. The largest absolute Gasteiger partial charge is 0.497 e. The summed E-state index contributed by atoms with van der Waals surface area (Å²) in [5.41, 5.74) is 1.96. The van der Waals surface area contributed by atoms with E-state index in [1.165, 1.54) is 0 Å². The van der Waals surface area contributed by atoms with Gasteiger partial charge in [0.2, 0.25) is 11.8 Å². The Morgan fingerprint density at radius 3 is 2.29 bits per heavy atom. The van der Waals surface area contributed by atoms with Crippen LogP contribution in [0.3, 0.4) is 0 Å². The number of amides is 2. The molecule has 0 fully saturated rings. The molecule has 0 aliphatic heterocycles. The van der Waals surface area contributed by atoms with E-state index in [4.69, 9.17) is 9.47 Å². The molecule has 38 heavy (non-hydrogen) atoms. The SMILES string of the molecule is CC[C@H](C)NC(=O)[C@@H](Cc1ccccc1)N(Cc1cccc(Br)c1)C(=O)CCCOc1ccc(OC)cc1. The first-order valence-corrected chi connectivity index (χ1v) is 13.8. The van der Waals surface area contributed by atoms with Crippen LogP contribution in [0.15, 0.2) is 83.3 Å². The Hall–Kier alpha value is -3.32. The zero-order valence-electron chi connectivity index (χ0n) is 22.4. The van der Waals surface area contributed by atoms with Crippen molar-refractivity contribution in [3.63, 3.8) is 0 Å². The molecule has 0 radical (unpaired) electrons. The standard InChI is InChI=1S/C31H37BrN2O4/c1-4-23(2)33-31(36)29(21-24-10-6-5-7-11-24)34(22-25-12-8-13-26(32)20-25)30(35)14-9-19-38-28-17-15-27(37-3)16-18-28/h5-8,10-13,15-18,20,23,29H,4,9,14,19,21-22H2,1-3H3,(H,33,36)/t23-,29+/m0/s1. The Labute approximate surface area is 234 Å². The van der Waals surface area contributed by atoms with E-state index in [-0.39, 0.29) is 24.3 Å². The lowest BCUT2D eigenvalue weighted by molar-refractivity contribution is -0.141. The van der Waals surface area contributed by atoms with Crippen molar-refractivity contribution in [1.82, 2.24) is 10.2 Å². The number of ether oxygens (including phenoxy) is 2. The van der Waals surface area contributed by atoms with Crippen LogP contribution >= 0.6 is 15.9 Å². The quantitative estimate of drug-likeness (QED) is 0.231. The Balaban J connectivity index is 1.78. The first kappa shape index (κ1) is 29.2. The minimum absolute atomic E-state index is 0.0153. The van der Waals surface area contributed by atoms with Crippen molar-refractivity contribution in [3.05, 3.63) is 94.5 Å². The summed E-state index contributed by atoms with van der Waals surface area (Å²) in [7, 11) is 1.62.